The van der Waals surface area contributed by atoms with Crippen molar-refractivity contribution in [3.63, 3.8) is 0 Å². The first kappa shape index (κ1) is 23.7. The third-order valence-electron chi connectivity index (χ3n) is 6.03. The van der Waals surface area contributed by atoms with Gasteiger partial charge in [-0.1, -0.05) is 42.5 Å². The lowest BCUT2D eigenvalue weighted by atomic mass is 10.1. The van der Waals surface area contributed by atoms with Gasteiger partial charge in [0.2, 0.25) is 5.91 Å². The van der Waals surface area contributed by atoms with E-state index >= 15 is 0 Å². The van der Waals surface area contributed by atoms with Crippen LogP contribution in [0.25, 0.3) is 17.0 Å². The summed E-state index contributed by atoms with van der Waals surface area (Å²) in [7, 11) is 0. The molecule has 0 unspecified atom stereocenters. The maximum Gasteiger partial charge on any atom is 0.267 e. The number of H-pyrrole nitrogens is 1. The highest BCUT2D eigenvalue weighted by Gasteiger charge is 2.20. The van der Waals surface area contributed by atoms with Crippen molar-refractivity contribution in [2.45, 2.75) is 13.0 Å². The van der Waals surface area contributed by atoms with Crippen LogP contribution < -0.4 is 5.48 Å². The number of morpholine rings is 1. The fourth-order valence-electron chi connectivity index (χ4n) is 4.10. The topological polar surface area (TPSA) is 97.9 Å². The van der Waals surface area contributed by atoms with Crippen molar-refractivity contribution < 1.29 is 19.5 Å². The van der Waals surface area contributed by atoms with E-state index in [0.29, 0.717) is 32.8 Å². The van der Waals surface area contributed by atoms with E-state index < -0.39 is 5.91 Å². The minimum absolute atomic E-state index is 0.102. The minimum Gasteiger partial charge on any atom is -0.379 e. The van der Waals surface area contributed by atoms with Crippen LogP contribution in [0.5, 0.6) is 0 Å². The van der Waals surface area contributed by atoms with Crippen LogP contribution in [0, 0.1) is 0 Å². The van der Waals surface area contributed by atoms with E-state index in [9.17, 15) is 9.59 Å². The number of hydrogen-bond donors (Lipinski definition) is 3. The number of benzene rings is 2. The molecule has 0 atom stereocenters. The Hall–Kier alpha value is -3.46. The molecule has 178 valence electrons. The highest BCUT2D eigenvalue weighted by molar-refractivity contribution is 5.90. The van der Waals surface area contributed by atoms with Crippen LogP contribution in [0.3, 0.4) is 0 Å². The van der Waals surface area contributed by atoms with E-state index in [4.69, 9.17) is 9.94 Å². The normalized spacial score (nSPS) is 14.5. The smallest absolute Gasteiger partial charge is 0.267 e. The summed E-state index contributed by atoms with van der Waals surface area (Å²) in [5.74, 6) is -0.480. The highest BCUT2D eigenvalue weighted by atomic mass is 16.5. The number of carbonyl (C=O) groups excluding carboxylic acids is 2. The Morgan fingerprint density at radius 2 is 1.88 bits per heavy atom. The third-order valence-corrected chi connectivity index (χ3v) is 6.03. The number of ether oxygens (including phenoxy) is 1. The molecular formula is C26H30N4O4. The highest BCUT2D eigenvalue weighted by Crippen LogP contribution is 2.19. The summed E-state index contributed by atoms with van der Waals surface area (Å²) in [6.07, 6.45) is 5.66. The summed E-state index contributed by atoms with van der Waals surface area (Å²) >= 11 is 0. The molecule has 1 aliphatic rings. The van der Waals surface area contributed by atoms with Gasteiger partial charge in [0.25, 0.3) is 5.91 Å². The van der Waals surface area contributed by atoms with Crippen molar-refractivity contribution in [3.05, 3.63) is 77.5 Å². The number of para-hydroxylation sites is 1. The Morgan fingerprint density at radius 1 is 1.12 bits per heavy atom. The van der Waals surface area contributed by atoms with Gasteiger partial charge in [0.15, 0.2) is 0 Å². The zero-order valence-electron chi connectivity index (χ0n) is 19.1. The van der Waals surface area contributed by atoms with Gasteiger partial charge >= 0.3 is 0 Å². The fourth-order valence-corrected chi connectivity index (χ4v) is 4.10. The molecule has 2 aromatic carbocycles. The maximum absolute atomic E-state index is 13.3. The quantitative estimate of drug-likeness (QED) is 0.258. The average molecular weight is 463 g/mol. The lowest BCUT2D eigenvalue weighted by molar-refractivity contribution is -0.134. The van der Waals surface area contributed by atoms with Crippen molar-refractivity contribution in [3.8, 4) is 0 Å². The molecule has 0 radical (unpaired) electrons. The van der Waals surface area contributed by atoms with E-state index in [1.807, 2.05) is 47.5 Å². The molecule has 1 saturated heterocycles. The number of aromatic nitrogens is 1. The molecule has 1 aliphatic heterocycles. The van der Waals surface area contributed by atoms with Gasteiger partial charge in [0.1, 0.15) is 0 Å². The summed E-state index contributed by atoms with van der Waals surface area (Å²) in [6.45, 7) is 4.36. The van der Waals surface area contributed by atoms with Crippen molar-refractivity contribution >= 4 is 28.8 Å². The first-order chi connectivity index (χ1) is 16.6. The molecule has 0 aliphatic carbocycles. The molecule has 3 N–H and O–H groups in total. The van der Waals surface area contributed by atoms with Crippen LogP contribution in [0.15, 0.2) is 60.8 Å². The largest absolute Gasteiger partial charge is 0.379 e. The Bertz CT molecular complexity index is 1130. The number of aromatic amines is 1. The van der Waals surface area contributed by atoms with Crippen LogP contribution in [-0.2, 0) is 27.3 Å². The standard InChI is InChI=1S/C26H30N4O4/c31-25(28-33)10-9-20-5-7-21(8-6-20)18-30(26(32)19-29-13-15-34-16-14-29)12-11-22-17-27-24-4-2-1-3-23(22)24/h1-10,17,27,33H,11-16,18-19H2,(H,28,31). The Balaban J connectivity index is 1.45. The molecule has 4 rings (SSSR count). The molecule has 34 heavy (non-hydrogen) atoms. The SMILES string of the molecule is O=C(C=Cc1ccc(CN(CCc2c[nH]c3ccccc23)C(=O)CN2CCOCC2)cc1)NO. The van der Waals surface area contributed by atoms with E-state index in [1.165, 1.54) is 17.0 Å². The fraction of sp³-hybridized carbons (Fsp3) is 0.308. The number of amides is 2. The predicted molar refractivity (Wildman–Crippen MR) is 130 cm³/mol. The van der Waals surface area contributed by atoms with Crippen LogP contribution in [0.2, 0.25) is 0 Å². The lowest BCUT2D eigenvalue weighted by Gasteiger charge is -2.30. The van der Waals surface area contributed by atoms with Gasteiger partial charge in [-0.3, -0.25) is 19.7 Å². The summed E-state index contributed by atoms with van der Waals surface area (Å²) in [5, 5.41) is 9.79. The zero-order chi connectivity index (χ0) is 23.8. The van der Waals surface area contributed by atoms with E-state index in [-0.39, 0.29) is 5.91 Å². The molecule has 8 nitrogen and oxygen atoms in total. The lowest BCUT2D eigenvalue weighted by Crippen LogP contribution is -2.45. The molecule has 2 amide bonds. The first-order valence-corrected chi connectivity index (χ1v) is 11.5. The number of hydrogen-bond acceptors (Lipinski definition) is 5. The summed E-state index contributed by atoms with van der Waals surface area (Å²) in [6, 6.07) is 15.9. The number of hydroxylamine groups is 1. The third kappa shape index (κ3) is 6.32. The summed E-state index contributed by atoms with van der Waals surface area (Å²) in [5.41, 5.74) is 5.71. The number of nitrogens with zero attached hydrogens (tertiary/aromatic N) is 2. The number of fused-ring (bicyclic) bond motifs is 1. The van der Waals surface area contributed by atoms with Gasteiger partial charge in [-0.25, -0.2) is 5.48 Å². The van der Waals surface area contributed by atoms with Crippen LogP contribution >= 0.6 is 0 Å². The van der Waals surface area contributed by atoms with Crippen LogP contribution in [0.4, 0.5) is 0 Å². The van der Waals surface area contributed by atoms with Crippen LogP contribution in [0.1, 0.15) is 16.7 Å². The van der Waals surface area contributed by atoms with Crippen molar-refractivity contribution in [1.29, 1.82) is 0 Å². The number of rotatable bonds is 9. The maximum atomic E-state index is 13.3. The Kier molecular flexibility index (Phi) is 8.08. The van der Waals surface area contributed by atoms with E-state index in [2.05, 4.69) is 22.0 Å². The summed E-state index contributed by atoms with van der Waals surface area (Å²) in [4.78, 5) is 31.8. The second-order valence-electron chi connectivity index (χ2n) is 8.36. The Labute approximate surface area is 198 Å². The second kappa shape index (κ2) is 11.6. The van der Waals surface area contributed by atoms with Gasteiger partial charge in [-0.05, 0) is 35.3 Å². The van der Waals surface area contributed by atoms with Crippen molar-refractivity contribution in [2.75, 3.05) is 39.4 Å². The van der Waals surface area contributed by atoms with Gasteiger partial charge < -0.3 is 14.6 Å². The average Bonchev–Trinajstić information content (AvgIpc) is 3.29. The second-order valence-corrected chi connectivity index (χ2v) is 8.36. The van der Waals surface area contributed by atoms with E-state index in [1.54, 1.807) is 11.6 Å². The molecule has 3 aromatic rings. The van der Waals surface area contributed by atoms with Crippen molar-refractivity contribution in [1.82, 2.24) is 20.3 Å². The zero-order valence-corrected chi connectivity index (χ0v) is 19.1. The molecule has 0 saturated carbocycles. The molecule has 0 bridgehead atoms. The molecular weight excluding hydrogens is 432 g/mol. The van der Waals surface area contributed by atoms with Gasteiger partial charge in [0, 0.05) is 49.4 Å². The summed E-state index contributed by atoms with van der Waals surface area (Å²) < 4.78 is 5.41. The predicted octanol–water partition coefficient (Wildman–Crippen LogP) is 2.59. The number of carbonyl (C=O) groups is 2. The monoisotopic (exact) mass is 462 g/mol. The van der Waals surface area contributed by atoms with Crippen molar-refractivity contribution in [2.24, 2.45) is 0 Å². The molecule has 8 heteroatoms. The molecule has 2 heterocycles. The van der Waals surface area contributed by atoms with Gasteiger partial charge in [0.05, 0.1) is 19.8 Å². The molecule has 1 aromatic heterocycles. The Morgan fingerprint density at radius 3 is 2.65 bits per heavy atom. The van der Waals surface area contributed by atoms with Gasteiger partial charge in [-0.2, -0.15) is 0 Å². The van der Waals surface area contributed by atoms with Crippen LogP contribution in [-0.4, -0.2) is 71.2 Å². The minimum atomic E-state index is -0.582. The first-order valence-electron chi connectivity index (χ1n) is 11.5. The molecule has 1 fully saturated rings. The molecule has 0 spiro atoms. The number of nitrogens with one attached hydrogen (secondary N) is 2. The van der Waals surface area contributed by atoms with Gasteiger partial charge in [-0.15, -0.1) is 0 Å². The van der Waals surface area contributed by atoms with E-state index in [0.717, 1.165) is 36.2 Å².